The van der Waals surface area contributed by atoms with Crippen LogP contribution in [0.3, 0.4) is 0 Å². The van der Waals surface area contributed by atoms with Gasteiger partial charge in [-0.25, -0.2) is 0 Å². The van der Waals surface area contributed by atoms with Crippen LogP contribution in [-0.4, -0.2) is 15.0 Å². The number of aryl methyl sites for hydroxylation is 2. The van der Waals surface area contributed by atoms with Crippen LogP contribution in [0.4, 0.5) is 0 Å². The second-order valence-electron chi connectivity index (χ2n) is 7.30. The number of hydrogen-bond acceptors (Lipinski definition) is 3. The van der Waals surface area contributed by atoms with Crippen molar-refractivity contribution in [2.24, 2.45) is 5.41 Å². The van der Waals surface area contributed by atoms with Gasteiger partial charge in [0.1, 0.15) is 0 Å². The van der Waals surface area contributed by atoms with Crippen molar-refractivity contribution in [3.05, 3.63) is 90.3 Å². The molecule has 0 N–H and O–H groups in total. The Hall–Kier alpha value is -1.03. The van der Waals surface area contributed by atoms with Gasteiger partial charge in [-0.15, -0.1) is 0 Å². The molecular weight excluding hydrogens is 605 g/mol. The molecule has 3 nitrogen and oxygen atoms in total. The van der Waals surface area contributed by atoms with Crippen LogP contribution in [0.1, 0.15) is 37.5 Å². The summed E-state index contributed by atoms with van der Waals surface area (Å²) < 4.78 is 0. The molecule has 0 aliphatic heterocycles. The van der Waals surface area contributed by atoms with Gasteiger partial charge in [-0.1, -0.05) is 39.0 Å². The fraction of sp³-hybridized carbons (Fsp3) is 0.318. The molecule has 0 fully saturated rings. The molecule has 3 aromatic heterocycles. The molecule has 0 saturated heterocycles. The second-order valence-corrected chi connectivity index (χ2v) is 17.7. The normalized spacial score (nSPS) is 10.1. The van der Waals surface area contributed by atoms with Crippen LogP contribution < -0.4 is 0 Å². The number of nitrogens with zero attached hydrogens (tertiary/aromatic N) is 3. The third kappa shape index (κ3) is 21.5. The number of rotatable bonds is 1. The monoisotopic (exact) mass is 633 g/mol. The van der Waals surface area contributed by atoms with Crippen molar-refractivity contribution < 1.29 is 13.5 Å². The van der Waals surface area contributed by atoms with Crippen molar-refractivity contribution in [2.45, 2.75) is 41.0 Å². The molecule has 0 spiro atoms. The van der Waals surface area contributed by atoms with Crippen molar-refractivity contribution in [2.75, 3.05) is 0 Å². The van der Waals surface area contributed by atoms with Crippen LogP contribution in [0.25, 0.3) is 0 Å². The number of aromatic nitrogens is 3. The molecule has 0 atom stereocenters. The first-order chi connectivity index (χ1) is 13.6. The van der Waals surface area contributed by atoms with Gasteiger partial charge in [0.05, 0.1) is 0 Å². The Morgan fingerprint density at radius 2 is 1.10 bits per heavy atom. The van der Waals surface area contributed by atoms with Crippen molar-refractivity contribution in [3.63, 3.8) is 0 Å². The van der Waals surface area contributed by atoms with E-state index >= 15 is 0 Å². The van der Waals surface area contributed by atoms with Gasteiger partial charge in [-0.3, -0.25) is 15.0 Å². The van der Waals surface area contributed by atoms with Crippen molar-refractivity contribution in [1.82, 2.24) is 15.0 Å². The van der Waals surface area contributed by atoms with E-state index in [1.165, 1.54) is 16.7 Å². The van der Waals surface area contributed by atoms with Crippen molar-refractivity contribution >= 4 is 28.8 Å². The molecule has 0 unspecified atom stereocenters. The maximum absolute atomic E-state index is 4.97. The third-order valence-corrected chi connectivity index (χ3v) is 3.08. The predicted molar refractivity (Wildman–Crippen MR) is 123 cm³/mol. The summed E-state index contributed by atoms with van der Waals surface area (Å²) in [5.74, 6) is 0. The van der Waals surface area contributed by atoms with Crippen LogP contribution >= 0.6 is 28.8 Å². The minimum atomic E-state index is -1.92. The first kappa shape index (κ1) is 28.0. The minimum absolute atomic E-state index is 0.364. The zero-order chi connectivity index (χ0) is 22.1. The number of pyridine rings is 3. The van der Waals surface area contributed by atoms with E-state index in [2.05, 4.69) is 41.8 Å². The van der Waals surface area contributed by atoms with E-state index in [0.29, 0.717) is 5.41 Å². The summed E-state index contributed by atoms with van der Waals surface area (Å²) in [5, 5.41) is 0. The zero-order valence-electron chi connectivity index (χ0n) is 17.4. The average molecular weight is 634 g/mol. The van der Waals surface area contributed by atoms with E-state index < -0.39 is 13.5 Å². The van der Waals surface area contributed by atoms with Gasteiger partial charge in [0.25, 0.3) is 0 Å². The topological polar surface area (TPSA) is 38.7 Å². The fourth-order valence-corrected chi connectivity index (χ4v) is 2.01. The van der Waals surface area contributed by atoms with E-state index in [4.69, 9.17) is 28.8 Å². The summed E-state index contributed by atoms with van der Waals surface area (Å²) in [6.45, 7) is 10.8. The predicted octanol–water partition coefficient (Wildman–Crippen LogP) is 7.52. The molecule has 29 heavy (non-hydrogen) atoms. The summed E-state index contributed by atoms with van der Waals surface area (Å²) in [6.07, 6.45) is 12.1. The third-order valence-electron chi connectivity index (χ3n) is 3.08. The van der Waals surface area contributed by atoms with Crippen molar-refractivity contribution in [3.8, 4) is 0 Å². The molecular formula is C22H29Cl3IrN3. The van der Waals surface area contributed by atoms with Crippen LogP contribution in [0.2, 0.25) is 0 Å². The first-order valence-corrected chi connectivity index (χ1v) is 17.8. The first-order valence-electron chi connectivity index (χ1n) is 8.87. The average Bonchev–Trinajstić information content (AvgIpc) is 2.63. The maximum atomic E-state index is 4.97. The summed E-state index contributed by atoms with van der Waals surface area (Å²) in [6, 6.07) is 12.0. The molecule has 0 saturated carbocycles. The Kier molecular flexibility index (Phi) is 16.1. The van der Waals surface area contributed by atoms with E-state index in [-0.39, 0.29) is 0 Å². The summed E-state index contributed by atoms with van der Waals surface area (Å²) in [7, 11) is 14.9. The van der Waals surface area contributed by atoms with Gasteiger partial charge in [0, 0.05) is 37.2 Å². The van der Waals surface area contributed by atoms with Gasteiger partial charge >= 0.3 is 42.2 Å². The molecule has 3 heterocycles. The van der Waals surface area contributed by atoms with E-state index in [1.54, 1.807) is 12.4 Å². The van der Waals surface area contributed by atoms with Gasteiger partial charge in [0.2, 0.25) is 0 Å². The molecule has 0 aliphatic rings. The Balaban J connectivity index is 0.000000383. The Labute approximate surface area is 193 Å². The molecule has 7 heteroatoms. The second kappa shape index (κ2) is 16.7. The molecule has 3 aromatic rings. The van der Waals surface area contributed by atoms with Crippen LogP contribution in [0.5, 0.6) is 0 Å². The summed E-state index contributed by atoms with van der Waals surface area (Å²) in [5.41, 5.74) is 4.10. The Morgan fingerprint density at radius 3 is 1.31 bits per heavy atom. The Bertz CT molecular complexity index is 697. The Morgan fingerprint density at radius 1 is 0.724 bits per heavy atom. The summed E-state index contributed by atoms with van der Waals surface area (Å²) in [4.78, 5) is 11.8. The van der Waals surface area contributed by atoms with Gasteiger partial charge < -0.3 is 0 Å². The fourth-order valence-electron chi connectivity index (χ4n) is 2.01. The molecule has 0 bridgehead atoms. The number of halogens is 3. The standard InChI is InChI=1S/C10H15N.2C6H7N.3ClH.Ir/c1-10(2,3)7-9-5-4-6-11-8-9;2*1-6-3-2-4-7-5-6;;;;/h4-6,8H,7H2,1-3H3;2*2-5H,1H3;3*1H;/q;;;;;;+3/p-3. The molecule has 0 amide bonds. The van der Waals surface area contributed by atoms with Crippen LogP contribution in [-0.2, 0) is 19.9 Å². The van der Waals surface area contributed by atoms with E-state index in [9.17, 15) is 0 Å². The summed E-state index contributed by atoms with van der Waals surface area (Å²) >= 11 is -1.92. The van der Waals surface area contributed by atoms with Gasteiger partial charge in [-0.05, 0) is 60.6 Å². The molecule has 0 aliphatic carbocycles. The van der Waals surface area contributed by atoms with Crippen LogP contribution in [0, 0.1) is 19.3 Å². The zero-order valence-corrected chi connectivity index (χ0v) is 22.1. The molecule has 162 valence electrons. The molecule has 3 rings (SSSR count). The van der Waals surface area contributed by atoms with Crippen molar-refractivity contribution in [1.29, 1.82) is 0 Å². The SMILES string of the molecule is CC(C)(C)Cc1cccnc1.Cc1cccnc1.Cc1cccnc1.[Cl][Ir]([Cl])[Cl]. The van der Waals surface area contributed by atoms with E-state index in [1.807, 2.05) is 69.0 Å². The number of hydrogen-bond donors (Lipinski definition) is 0. The molecule has 0 aromatic carbocycles. The van der Waals surface area contributed by atoms with Gasteiger partial charge in [0.15, 0.2) is 0 Å². The quantitative estimate of drug-likeness (QED) is 0.278. The molecule has 0 radical (unpaired) electrons. The van der Waals surface area contributed by atoms with Gasteiger partial charge in [-0.2, -0.15) is 0 Å². The van der Waals surface area contributed by atoms with Crippen LogP contribution in [0.15, 0.2) is 73.6 Å². The van der Waals surface area contributed by atoms with E-state index in [0.717, 1.165) is 6.42 Å².